The van der Waals surface area contributed by atoms with Gasteiger partial charge in [0.25, 0.3) is 0 Å². The Kier molecular flexibility index (Phi) is 4.63. The summed E-state index contributed by atoms with van der Waals surface area (Å²) < 4.78 is 32.3. The lowest BCUT2D eigenvalue weighted by atomic mass is 10.1. The summed E-state index contributed by atoms with van der Waals surface area (Å²) in [6.45, 7) is 4.82. The highest BCUT2D eigenvalue weighted by Crippen LogP contribution is 2.28. The van der Waals surface area contributed by atoms with Gasteiger partial charge in [-0.15, -0.1) is 0 Å². The second-order valence-corrected chi connectivity index (χ2v) is 7.16. The molecule has 21 heavy (non-hydrogen) atoms. The fourth-order valence-electron chi connectivity index (χ4n) is 2.07. The van der Waals surface area contributed by atoms with Crippen LogP contribution in [0.4, 0.5) is 0 Å². The van der Waals surface area contributed by atoms with Crippen molar-refractivity contribution in [3.8, 4) is 0 Å². The summed E-state index contributed by atoms with van der Waals surface area (Å²) in [5.74, 6) is 0.245. The molecule has 0 saturated heterocycles. The first kappa shape index (κ1) is 16.3. The van der Waals surface area contributed by atoms with E-state index >= 15 is 0 Å². The zero-order valence-corrected chi connectivity index (χ0v) is 14.0. The SMILES string of the molecule is Cc1noc(C)c1S(=O)(=O)N[C@@H](C)c1ccc(Cl)cc1Cl. The van der Waals surface area contributed by atoms with E-state index in [-0.39, 0.29) is 10.7 Å². The molecule has 1 atom stereocenters. The molecule has 0 spiro atoms. The van der Waals surface area contributed by atoms with Crippen LogP contribution in [0.2, 0.25) is 10.0 Å². The standard InChI is InChI=1S/C13H14Cl2N2O3S/c1-7(11-5-4-10(14)6-12(11)15)17-21(18,19)13-8(2)16-20-9(13)3/h4-7,17H,1-3H3/t7-/m0/s1. The van der Waals surface area contributed by atoms with Gasteiger partial charge in [0.05, 0.1) is 0 Å². The van der Waals surface area contributed by atoms with E-state index < -0.39 is 16.1 Å². The van der Waals surface area contributed by atoms with Gasteiger partial charge in [-0.2, -0.15) is 0 Å². The van der Waals surface area contributed by atoms with Gasteiger partial charge in [-0.3, -0.25) is 0 Å². The minimum atomic E-state index is -3.75. The fraction of sp³-hybridized carbons (Fsp3) is 0.308. The van der Waals surface area contributed by atoms with Gasteiger partial charge in [-0.1, -0.05) is 34.4 Å². The van der Waals surface area contributed by atoms with Crippen LogP contribution in [0.3, 0.4) is 0 Å². The third kappa shape index (κ3) is 3.40. The van der Waals surface area contributed by atoms with Crippen LogP contribution in [-0.4, -0.2) is 13.6 Å². The normalized spacial score (nSPS) is 13.4. The van der Waals surface area contributed by atoms with Crippen molar-refractivity contribution in [1.29, 1.82) is 0 Å². The van der Waals surface area contributed by atoms with Crippen molar-refractivity contribution in [1.82, 2.24) is 9.88 Å². The Morgan fingerprint density at radius 1 is 1.29 bits per heavy atom. The Balaban J connectivity index is 2.32. The highest BCUT2D eigenvalue weighted by atomic mass is 35.5. The van der Waals surface area contributed by atoms with Gasteiger partial charge >= 0.3 is 0 Å². The number of nitrogens with zero attached hydrogens (tertiary/aromatic N) is 1. The van der Waals surface area contributed by atoms with Crippen LogP contribution >= 0.6 is 23.2 Å². The maximum atomic E-state index is 12.4. The Morgan fingerprint density at radius 2 is 1.95 bits per heavy atom. The van der Waals surface area contributed by atoms with E-state index in [4.69, 9.17) is 27.7 Å². The maximum Gasteiger partial charge on any atom is 0.246 e. The van der Waals surface area contributed by atoms with Crippen LogP contribution < -0.4 is 4.72 Å². The van der Waals surface area contributed by atoms with Crippen LogP contribution in [0.5, 0.6) is 0 Å². The molecule has 0 radical (unpaired) electrons. The van der Waals surface area contributed by atoms with Gasteiger partial charge in [0.1, 0.15) is 10.6 Å². The second-order valence-electron chi connectivity index (χ2n) is 4.66. The molecule has 0 aliphatic carbocycles. The molecule has 5 nitrogen and oxygen atoms in total. The van der Waals surface area contributed by atoms with Crippen LogP contribution in [0.25, 0.3) is 0 Å². The second kappa shape index (κ2) is 5.96. The lowest BCUT2D eigenvalue weighted by Gasteiger charge is -2.16. The summed E-state index contributed by atoms with van der Waals surface area (Å²) in [6.07, 6.45) is 0. The first-order valence-corrected chi connectivity index (χ1v) is 8.36. The van der Waals surface area contributed by atoms with Crippen molar-refractivity contribution in [3.05, 3.63) is 45.3 Å². The van der Waals surface area contributed by atoms with Gasteiger partial charge < -0.3 is 4.52 Å². The maximum absolute atomic E-state index is 12.4. The van der Waals surface area contributed by atoms with Gasteiger partial charge in [0.2, 0.25) is 10.0 Å². The van der Waals surface area contributed by atoms with Gasteiger partial charge in [-0.05, 0) is 38.5 Å². The molecule has 0 bridgehead atoms. The summed E-state index contributed by atoms with van der Waals surface area (Å²) in [7, 11) is -3.75. The molecular weight excluding hydrogens is 335 g/mol. The topological polar surface area (TPSA) is 72.2 Å². The van der Waals surface area contributed by atoms with E-state index in [0.717, 1.165) is 0 Å². The first-order valence-electron chi connectivity index (χ1n) is 6.12. The number of hydrogen-bond donors (Lipinski definition) is 1. The Bertz CT molecular complexity index is 752. The van der Waals surface area contributed by atoms with Gasteiger partial charge in [0, 0.05) is 16.1 Å². The molecule has 0 aliphatic heterocycles. The number of benzene rings is 1. The van der Waals surface area contributed by atoms with E-state index in [1.165, 1.54) is 0 Å². The zero-order valence-electron chi connectivity index (χ0n) is 11.6. The van der Waals surface area contributed by atoms with Crippen LogP contribution in [0.15, 0.2) is 27.6 Å². The fourth-order valence-corrected chi connectivity index (χ4v) is 4.19. The molecule has 0 saturated carbocycles. The summed E-state index contributed by atoms with van der Waals surface area (Å²) in [5, 5.41) is 4.54. The molecular formula is C13H14Cl2N2O3S. The lowest BCUT2D eigenvalue weighted by Crippen LogP contribution is -2.27. The predicted molar refractivity (Wildman–Crippen MR) is 81.2 cm³/mol. The largest absolute Gasteiger partial charge is 0.360 e. The third-order valence-corrected chi connectivity index (χ3v) is 5.34. The quantitative estimate of drug-likeness (QED) is 0.915. The monoisotopic (exact) mass is 348 g/mol. The van der Waals surface area contributed by atoms with E-state index in [9.17, 15) is 8.42 Å². The van der Waals surface area contributed by atoms with Crippen LogP contribution in [-0.2, 0) is 10.0 Å². The molecule has 1 aromatic heterocycles. The summed E-state index contributed by atoms with van der Waals surface area (Å²) >= 11 is 11.9. The molecule has 0 aliphatic rings. The Morgan fingerprint density at radius 3 is 2.48 bits per heavy atom. The van der Waals surface area contributed by atoms with Gasteiger partial charge in [-0.25, -0.2) is 13.1 Å². The first-order chi connectivity index (χ1) is 9.72. The number of hydrogen-bond acceptors (Lipinski definition) is 4. The van der Waals surface area contributed by atoms with E-state index in [1.54, 1.807) is 39.0 Å². The van der Waals surface area contributed by atoms with Gasteiger partial charge in [0.15, 0.2) is 5.76 Å². The van der Waals surface area contributed by atoms with Crippen molar-refractivity contribution in [2.75, 3.05) is 0 Å². The highest BCUT2D eigenvalue weighted by molar-refractivity contribution is 7.89. The summed E-state index contributed by atoms with van der Waals surface area (Å²) in [4.78, 5) is 0.0550. The van der Waals surface area contributed by atoms with Crippen molar-refractivity contribution in [3.63, 3.8) is 0 Å². The van der Waals surface area contributed by atoms with Crippen molar-refractivity contribution < 1.29 is 12.9 Å². The number of aryl methyl sites for hydroxylation is 2. The molecule has 0 amide bonds. The molecule has 1 aromatic carbocycles. The van der Waals surface area contributed by atoms with Crippen LogP contribution in [0, 0.1) is 13.8 Å². The average molecular weight is 349 g/mol. The molecule has 8 heteroatoms. The lowest BCUT2D eigenvalue weighted by molar-refractivity contribution is 0.390. The summed E-state index contributed by atoms with van der Waals surface area (Å²) in [6, 6.07) is 4.39. The molecule has 114 valence electrons. The van der Waals surface area contributed by atoms with Crippen molar-refractivity contribution >= 4 is 33.2 Å². The molecule has 2 aromatic rings. The van der Waals surface area contributed by atoms with Crippen molar-refractivity contribution in [2.24, 2.45) is 0 Å². The predicted octanol–water partition coefficient (Wildman–Crippen LogP) is 3.64. The van der Waals surface area contributed by atoms with Crippen molar-refractivity contribution in [2.45, 2.75) is 31.7 Å². The smallest absolute Gasteiger partial charge is 0.246 e. The number of rotatable bonds is 4. The molecule has 0 unspecified atom stereocenters. The molecule has 1 N–H and O–H groups in total. The number of aromatic nitrogens is 1. The number of halogens is 2. The highest BCUT2D eigenvalue weighted by Gasteiger charge is 2.26. The van der Waals surface area contributed by atoms with E-state index in [1.807, 2.05) is 0 Å². The average Bonchev–Trinajstić information content (AvgIpc) is 2.68. The molecule has 2 rings (SSSR count). The number of nitrogens with one attached hydrogen (secondary N) is 1. The third-order valence-electron chi connectivity index (χ3n) is 3.00. The summed E-state index contributed by atoms with van der Waals surface area (Å²) in [5.41, 5.74) is 0.950. The van der Waals surface area contributed by atoms with E-state index in [0.29, 0.717) is 21.3 Å². The van der Waals surface area contributed by atoms with E-state index in [2.05, 4.69) is 9.88 Å². The minimum Gasteiger partial charge on any atom is -0.360 e. The molecule has 1 heterocycles. The Hall–Kier alpha value is -1.08. The minimum absolute atomic E-state index is 0.0550. The molecule has 0 fully saturated rings. The number of sulfonamides is 1. The zero-order chi connectivity index (χ0) is 15.8. The van der Waals surface area contributed by atoms with Crippen LogP contribution in [0.1, 0.15) is 30.0 Å². The Labute approximate surface area is 133 Å².